The van der Waals surface area contributed by atoms with Crippen LogP contribution in [-0.4, -0.2) is 65.4 Å². The van der Waals surface area contributed by atoms with Crippen molar-refractivity contribution in [2.24, 2.45) is 0 Å². The van der Waals surface area contributed by atoms with Gasteiger partial charge in [0, 0.05) is 23.9 Å². The number of halogens is 1. The van der Waals surface area contributed by atoms with E-state index in [4.69, 9.17) is 16.3 Å². The van der Waals surface area contributed by atoms with Crippen LogP contribution >= 0.6 is 23.4 Å². The second-order valence-corrected chi connectivity index (χ2v) is 9.51. The van der Waals surface area contributed by atoms with Gasteiger partial charge >= 0.3 is 6.09 Å². The predicted molar refractivity (Wildman–Crippen MR) is 119 cm³/mol. The number of carbonyl (C=O) groups excluding carboxylic acids is 2. The van der Waals surface area contributed by atoms with Gasteiger partial charge in [-0.15, -0.1) is 11.8 Å². The van der Waals surface area contributed by atoms with Gasteiger partial charge in [-0.1, -0.05) is 37.6 Å². The van der Waals surface area contributed by atoms with Gasteiger partial charge in [-0.05, 0) is 51.6 Å². The lowest BCUT2D eigenvalue weighted by Crippen LogP contribution is -2.50. The van der Waals surface area contributed by atoms with E-state index in [0.29, 0.717) is 17.3 Å². The van der Waals surface area contributed by atoms with Crippen LogP contribution in [0.15, 0.2) is 24.3 Å². The number of hydrogen-bond donors (Lipinski definition) is 1. The highest BCUT2D eigenvalue weighted by Gasteiger charge is 2.44. The molecule has 0 bridgehead atoms. The maximum absolute atomic E-state index is 13.0. The van der Waals surface area contributed by atoms with Gasteiger partial charge in [0.1, 0.15) is 17.0 Å². The van der Waals surface area contributed by atoms with Crippen molar-refractivity contribution in [3.63, 3.8) is 0 Å². The Hall–Kier alpha value is -1.44. The van der Waals surface area contributed by atoms with E-state index in [9.17, 15) is 9.59 Å². The average molecular weight is 442 g/mol. The minimum atomic E-state index is -0.640. The molecule has 2 amide bonds. The second-order valence-electron chi connectivity index (χ2n) is 7.96. The number of amides is 2. The zero-order valence-electron chi connectivity index (χ0n) is 17.9. The number of benzene rings is 1. The molecule has 1 aromatic rings. The molecule has 29 heavy (non-hydrogen) atoms. The topological polar surface area (TPSA) is 61.9 Å². The fraction of sp³-hybridized carbons (Fsp3) is 0.619. The normalized spacial score (nSPS) is 19.5. The predicted octanol–water partition coefficient (Wildman–Crippen LogP) is 4.15. The third-order valence-electron chi connectivity index (χ3n) is 4.68. The van der Waals surface area contributed by atoms with Gasteiger partial charge in [-0.3, -0.25) is 9.69 Å². The van der Waals surface area contributed by atoms with Crippen molar-refractivity contribution in [1.82, 2.24) is 15.1 Å². The zero-order chi connectivity index (χ0) is 21.6. The zero-order valence-corrected chi connectivity index (χ0v) is 19.5. The highest BCUT2D eigenvalue weighted by molar-refractivity contribution is 7.99. The molecule has 2 atom stereocenters. The Morgan fingerprint density at radius 2 is 1.86 bits per heavy atom. The SMILES string of the molecule is CCN(CC)CCNC(=O)[C@H]1CS[C@H](c2ccc(Cl)cc2)N1C(=O)OC(C)(C)C. The number of rotatable bonds is 7. The van der Waals surface area contributed by atoms with E-state index in [1.54, 1.807) is 28.8 Å². The molecular formula is C21H32ClN3O3S. The quantitative estimate of drug-likeness (QED) is 0.688. The fourth-order valence-electron chi connectivity index (χ4n) is 3.13. The van der Waals surface area contributed by atoms with Crippen LogP contribution in [0.5, 0.6) is 0 Å². The Kier molecular flexibility index (Phi) is 8.67. The molecule has 1 fully saturated rings. The second kappa shape index (κ2) is 10.5. The summed E-state index contributed by atoms with van der Waals surface area (Å²) in [7, 11) is 0. The Labute approximate surface area is 183 Å². The van der Waals surface area contributed by atoms with Crippen LogP contribution in [0, 0.1) is 0 Å². The summed E-state index contributed by atoms with van der Waals surface area (Å²) < 4.78 is 5.61. The molecule has 1 saturated heterocycles. The summed E-state index contributed by atoms with van der Waals surface area (Å²) in [5, 5.41) is 3.33. The van der Waals surface area contributed by atoms with Crippen molar-refractivity contribution in [2.75, 3.05) is 31.9 Å². The van der Waals surface area contributed by atoms with Crippen molar-refractivity contribution >= 4 is 35.4 Å². The molecule has 162 valence electrons. The van der Waals surface area contributed by atoms with E-state index in [-0.39, 0.29) is 11.3 Å². The molecule has 1 aliphatic rings. The van der Waals surface area contributed by atoms with Crippen LogP contribution in [0.1, 0.15) is 45.6 Å². The van der Waals surface area contributed by atoms with E-state index < -0.39 is 17.7 Å². The summed E-state index contributed by atoms with van der Waals surface area (Å²) in [4.78, 5) is 29.7. The molecule has 0 spiro atoms. The standard InChI is InChI=1S/C21H32ClN3O3S/c1-6-24(7-2)13-12-23-18(26)17-14-29-19(15-8-10-16(22)11-9-15)25(17)20(27)28-21(3,4)5/h8-11,17,19H,6-7,12-14H2,1-5H3,(H,23,26)/t17-,19-/m1/s1. The van der Waals surface area contributed by atoms with E-state index in [1.807, 2.05) is 32.9 Å². The van der Waals surface area contributed by atoms with Crippen molar-refractivity contribution in [3.8, 4) is 0 Å². The highest BCUT2D eigenvalue weighted by Crippen LogP contribution is 2.42. The molecule has 0 aliphatic carbocycles. The molecular weight excluding hydrogens is 410 g/mol. The van der Waals surface area contributed by atoms with Gasteiger partial charge < -0.3 is 15.0 Å². The van der Waals surface area contributed by atoms with E-state index in [1.165, 1.54) is 0 Å². The van der Waals surface area contributed by atoms with Crippen LogP contribution in [0.4, 0.5) is 4.79 Å². The first-order chi connectivity index (χ1) is 13.7. The monoisotopic (exact) mass is 441 g/mol. The molecule has 1 heterocycles. The molecule has 6 nitrogen and oxygen atoms in total. The number of nitrogens with zero attached hydrogens (tertiary/aromatic N) is 2. The van der Waals surface area contributed by atoms with Crippen LogP contribution in [-0.2, 0) is 9.53 Å². The summed E-state index contributed by atoms with van der Waals surface area (Å²) in [6, 6.07) is 6.78. The lowest BCUT2D eigenvalue weighted by atomic mass is 10.1. The van der Waals surface area contributed by atoms with Crippen molar-refractivity contribution in [2.45, 2.75) is 51.6 Å². The van der Waals surface area contributed by atoms with Crippen molar-refractivity contribution in [3.05, 3.63) is 34.9 Å². The lowest BCUT2D eigenvalue weighted by molar-refractivity contribution is -0.125. The maximum atomic E-state index is 13.0. The minimum Gasteiger partial charge on any atom is -0.444 e. The van der Waals surface area contributed by atoms with E-state index in [2.05, 4.69) is 24.1 Å². The highest BCUT2D eigenvalue weighted by atomic mass is 35.5. The molecule has 1 N–H and O–H groups in total. The molecule has 2 rings (SSSR count). The Bertz CT molecular complexity index is 689. The van der Waals surface area contributed by atoms with Crippen molar-refractivity contribution in [1.29, 1.82) is 0 Å². The first-order valence-corrected chi connectivity index (χ1v) is 11.5. The molecule has 0 saturated carbocycles. The van der Waals surface area contributed by atoms with Gasteiger partial charge in [0.25, 0.3) is 0 Å². The average Bonchev–Trinajstić information content (AvgIpc) is 3.09. The van der Waals surface area contributed by atoms with Gasteiger partial charge in [0.05, 0.1) is 0 Å². The molecule has 1 aliphatic heterocycles. The summed E-state index contributed by atoms with van der Waals surface area (Å²) >= 11 is 7.57. The minimum absolute atomic E-state index is 0.146. The summed E-state index contributed by atoms with van der Waals surface area (Å²) in [5.41, 5.74) is 0.280. The van der Waals surface area contributed by atoms with Gasteiger partial charge in [0.2, 0.25) is 5.91 Å². The lowest BCUT2D eigenvalue weighted by Gasteiger charge is -2.31. The number of hydrogen-bond acceptors (Lipinski definition) is 5. The smallest absolute Gasteiger partial charge is 0.412 e. The van der Waals surface area contributed by atoms with Gasteiger partial charge in [-0.25, -0.2) is 4.79 Å². The number of carbonyl (C=O) groups is 2. The van der Waals surface area contributed by atoms with Crippen LogP contribution in [0.3, 0.4) is 0 Å². The van der Waals surface area contributed by atoms with E-state index >= 15 is 0 Å². The van der Waals surface area contributed by atoms with Gasteiger partial charge in [-0.2, -0.15) is 0 Å². The summed E-state index contributed by atoms with van der Waals surface area (Å²) in [6.45, 7) is 12.9. The largest absolute Gasteiger partial charge is 0.444 e. The molecule has 0 radical (unpaired) electrons. The third kappa shape index (κ3) is 6.79. The Morgan fingerprint density at radius 1 is 1.24 bits per heavy atom. The Balaban J connectivity index is 2.15. The molecule has 8 heteroatoms. The third-order valence-corrected chi connectivity index (χ3v) is 6.26. The number of ether oxygens (including phenoxy) is 1. The molecule has 0 unspecified atom stereocenters. The summed E-state index contributed by atoms with van der Waals surface area (Å²) in [6.07, 6.45) is -0.480. The van der Waals surface area contributed by atoms with Crippen LogP contribution in [0.25, 0.3) is 0 Å². The van der Waals surface area contributed by atoms with Crippen molar-refractivity contribution < 1.29 is 14.3 Å². The maximum Gasteiger partial charge on any atom is 0.412 e. The molecule has 1 aromatic carbocycles. The first-order valence-electron chi connectivity index (χ1n) is 10.0. The van der Waals surface area contributed by atoms with E-state index in [0.717, 1.165) is 25.2 Å². The number of likely N-dealkylation sites (N-methyl/N-ethyl adjacent to an activating group) is 1. The van der Waals surface area contributed by atoms with Crippen LogP contribution < -0.4 is 5.32 Å². The molecule has 0 aromatic heterocycles. The fourth-order valence-corrected chi connectivity index (χ4v) is 4.67. The van der Waals surface area contributed by atoms with Gasteiger partial charge in [0.15, 0.2) is 0 Å². The van der Waals surface area contributed by atoms with Crippen LogP contribution in [0.2, 0.25) is 5.02 Å². The first kappa shape index (κ1) is 23.8. The Morgan fingerprint density at radius 3 is 2.41 bits per heavy atom. The summed E-state index contributed by atoms with van der Waals surface area (Å²) in [5.74, 6) is 0.371. The number of thioether (sulfide) groups is 1. The number of nitrogens with one attached hydrogen (secondary N) is 1.